The van der Waals surface area contributed by atoms with Crippen molar-refractivity contribution in [2.75, 3.05) is 27.2 Å². The molecule has 0 saturated heterocycles. The number of hydrogen-bond donors (Lipinski definition) is 1. The van der Waals surface area contributed by atoms with Crippen molar-refractivity contribution in [3.63, 3.8) is 0 Å². The molecule has 0 amide bonds. The lowest BCUT2D eigenvalue weighted by atomic mass is 10.3. The van der Waals surface area contributed by atoms with Gasteiger partial charge in [0.2, 0.25) is 0 Å². The van der Waals surface area contributed by atoms with E-state index in [0.717, 1.165) is 13.1 Å². The molecule has 0 spiro atoms. The van der Waals surface area contributed by atoms with Crippen LogP contribution in [0.25, 0.3) is 0 Å². The minimum absolute atomic E-state index is 1.08. The van der Waals surface area contributed by atoms with Crippen LogP contribution in [0.15, 0.2) is 17.5 Å². The van der Waals surface area contributed by atoms with E-state index in [9.17, 15) is 0 Å². The molecule has 1 aromatic rings. The van der Waals surface area contributed by atoms with E-state index in [0.29, 0.717) is 0 Å². The van der Waals surface area contributed by atoms with Gasteiger partial charge in [-0.25, -0.2) is 0 Å². The Bertz CT molecular complexity index is 209. The predicted octanol–water partition coefficient (Wildman–Crippen LogP) is 1.79. The molecule has 3 heteroatoms. The molecule has 0 aliphatic carbocycles. The topological polar surface area (TPSA) is 15.3 Å². The maximum Gasteiger partial charge on any atom is 0.0324 e. The van der Waals surface area contributed by atoms with E-state index in [4.69, 9.17) is 0 Å². The van der Waals surface area contributed by atoms with Crippen molar-refractivity contribution in [2.45, 2.75) is 13.0 Å². The first-order valence-corrected chi connectivity index (χ1v) is 5.56. The van der Waals surface area contributed by atoms with Crippen molar-refractivity contribution >= 4 is 11.3 Å². The smallest absolute Gasteiger partial charge is 0.0324 e. The van der Waals surface area contributed by atoms with Gasteiger partial charge in [-0.1, -0.05) is 6.07 Å². The van der Waals surface area contributed by atoms with Crippen molar-refractivity contribution in [1.82, 2.24) is 10.2 Å². The molecule has 0 saturated carbocycles. The van der Waals surface area contributed by atoms with E-state index in [2.05, 4.69) is 34.8 Å². The molecule has 1 aromatic heterocycles. The maximum atomic E-state index is 3.16. The monoisotopic (exact) mass is 198 g/mol. The fourth-order valence-electron chi connectivity index (χ4n) is 1.27. The van der Waals surface area contributed by atoms with Crippen LogP contribution in [0.3, 0.4) is 0 Å². The van der Waals surface area contributed by atoms with Crippen molar-refractivity contribution in [1.29, 1.82) is 0 Å². The fraction of sp³-hybridized carbons (Fsp3) is 0.600. The zero-order chi connectivity index (χ0) is 9.52. The Morgan fingerprint density at radius 3 is 3.00 bits per heavy atom. The normalized spacial score (nSPS) is 11.0. The van der Waals surface area contributed by atoms with Crippen LogP contribution >= 0.6 is 11.3 Å². The maximum absolute atomic E-state index is 3.16. The van der Waals surface area contributed by atoms with Crippen LogP contribution in [-0.2, 0) is 6.54 Å². The molecular formula is C10H18N2S. The molecule has 0 unspecified atom stereocenters. The van der Waals surface area contributed by atoms with E-state index in [1.165, 1.54) is 17.8 Å². The van der Waals surface area contributed by atoms with E-state index in [-0.39, 0.29) is 0 Å². The summed E-state index contributed by atoms with van der Waals surface area (Å²) in [4.78, 5) is 3.82. The van der Waals surface area contributed by atoms with Crippen molar-refractivity contribution in [3.05, 3.63) is 22.4 Å². The summed E-state index contributed by atoms with van der Waals surface area (Å²) in [6.45, 7) is 3.36. The molecule has 1 N–H and O–H groups in total. The van der Waals surface area contributed by atoms with Gasteiger partial charge in [-0.3, -0.25) is 0 Å². The van der Waals surface area contributed by atoms with Crippen LogP contribution in [0.4, 0.5) is 0 Å². The fourth-order valence-corrected chi connectivity index (χ4v) is 2.06. The summed E-state index contributed by atoms with van der Waals surface area (Å²) in [5.41, 5.74) is 0. The first-order valence-electron chi connectivity index (χ1n) is 4.68. The van der Waals surface area contributed by atoms with Gasteiger partial charge in [0, 0.05) is 11.4 Å². The number of rotatable bonds is 6. The Kier molecular flexibility index (Phi) is 5.05. The molecule has 1 rings (SSSR count). The zero-order valence-corrected chi connectivity index (χ0v) is 9.23. The van der Waals surface area contributed by atoms with Gasteiger partial charge < -0.3 is 10.2 Å². The van der Waals surface area contributed by atoms with E-state index >= 15 is 0 Å². The largest absolute Gasteiger partial charge is 0.320 e. The molecular weight excluding hydrogens is 180 g/mol. The molecule has 13 heavy (non-hydrogen) atoms. The molecule has 2 nitrogen and oxygen atoms in total. The third-order valence-corrected chi connectivity index (χ3v) is 2.83. The average Bonchev–Trinajstić information content (AvgIpc) is 2.57. The second-order valence-electron chi connectivity index (χ2n) is 3.27. The second-order valence-corrected chi connectivity index (χ2v) is 4.31. The van der Waals surface area contributed by atoms with Gasteiger partial charge in [0.1, 0.15) is 0 Å². The summed E-state index contributed by atoms with van der Waals surface area (Å²) in [6, 6.07) is 4.31. The van der Waals surface area contributed by atoms with Crippen LogP contribution in [0.5, 0.6) is 0 Å². The summed E-state index contributed by atoms with van der Waals surface area (Å²) in [5, 5.41) is 5.29. The molecule has 0 fully saturated rings. The van der Waals surface area contributed by atoms with E-state index in [1.807, 2.05) is 18.4 Å². The standard InChI is InChI=1S/C10H18N2S/c1-11-6-4-7-12(2)9-10-5-3-8-13-10/h3,5,8,11H,4,6-7,9H2,1-2H3. The molecule has 0 aliphatic rings. The third-order valence-electron chi connectivity index (χ3n) is 1.97. The quantitative estimate of drug-likeness (QED) is 0.701. The van der Waals surface area contributed by atoms with Gasteiger partial charge in [0.25, 0.3) is 0 Å². The third kappa shape index (κ3) is 4.41. The highest BCUT2D eigenvalue weighted by molar-refractivity contribution is 7.09. The first-order chi connectivity index (χ1) is 6.33. The molecule has 0 aromatic carbocycles. The number of thiophene rings is 1. The highest BCUT2D eigenvalue weighted by Gasteiger charge is 1.99. The molecule has 74 valence electrons. The SMILES string of the molecule is CNCCCN(C)Cc1cccs1. The minimum Gasteiger partial charge on any atom is -0.320 e. The lowest BCUT2D eigenvalue weighted by molar-refractivity contribution is 0.324. The second kappa shape index (κ2) is 6.13. The number of hydrogen-bond acceptors (Lipinski definition) is 3. The Labute approximate surface area is 84.6 Å². The molecule has 0 aliphatic heterocycles. The summed E-state index contributed by atoms with van der Waals surface area (Å²) < 4.78 is 0. The summed E-state index contributed by atoms with van der Waals surface area (Å²) in [5.74, 6) is 0. The number of nitrogens with one attached hydrogen (secondary N) is 1. The van der Waals surface area contributed by atoms with Crippen molar-refractivity contribution in [3.8, 4) is 0 Å². The lowest BCUT2D eigenvalue weighted by Gasteiger charge is -2.14. The van der Waals surface area contributed by atoms with Crippen molar-refractivity contribution in [2.24, 2.45) is 0 Å². The molecule has 1 heterocycles. The highest BCUT2D eigenvalue weighted by Crippen LogP contribution is 2.10. The van der Waals surface area contributed by atoms with Gasteiger partial charge in [0.15, 0.2) is 0 Å². The highest BCUT2D eigenvalue weighted by atomic mass is 32.1. The Morgan fingerprint density at radius 1 is 1.54 bits per heavy atom. The summed E-state index contributed by atoms with van der Waals surface area (Å²) in [7, 11) is 4.18. The van der Waals surface area contributed by atoms with Crippen molar-refractivity contribution < 1.29 is 0 Å². The van der Waals surface area contributed by atoms with Gasteiger partial charge in [0.05, 0.1) is 0 Å². The van der Waals surface area contributed by atoms with Gasteiger partial charge >= 0.3 is 0 Å². The van der Waals surface area contributed by atoms with Crippen LogP contribution in [-0.4, -0.2) is 32.1 Å². The first kappa shape index (κ1) is 10.7. The summed E-state index contributed by atoms with van der Waals surface area (Å²) in [6.07, 6.45) is 1.22. The minimum atomic E-state index is 1.08. The Balaban J connectivity index is 2.14. The Hall–Kier alpha value is -0.380. The Morgan fingerprint density at radius 2 is 2.38 bits per heavy atom. The zero-order valence-electron chi connectivity index (χ0n) is 8.42. The van der Waals surface area contributed by atoms with Gasteiger partial charge in [-0.15, -0.1) is 11.3 Å². The summed E-state index contributed by atoms with van der Waals surface area (Å²) >= 11 is 1.83. The molecule has 0 atom stereocenters. The van der Waals surface area contributed by atoms with Crippen LogP contribution in [0, 0.1) is 0 Å². The lowest BCUT2D eigenvalue weighted by Crippen LogP contribution is -2.21. The van der Waals surface area contributed by atoms with E-state index in [1.54, 1.807) is 0 Å². The van der Waals surface area contributed by atoms with Gasteiger partial charge in [-0.05, 0) is 45.1 Å². The molecule has 0 bridgehead atoms. The van der Waals surface area contributed by atoms with Crippen LogP contribution in [0.2, 0.25) is 0 Å². The van der Waals surface area contributed by atoms with E-state index < -0.39 is 0 Å². The average molecular weight is 198 g/mol. The van der Waals surface area contributed by atoms with Crippen LogP contribution < -0.4 is 5.32 Å². The van der Waals surface area contributed by atoms with Gasteiger partial charge in [-0.2, -0.15) is 0 Å². The molecule has 0 radical (unpaired) electrons. The number of nitrogens with zero attached hydrogens (tertiary/aromatic N) is 1. The predicted molar refractivity (Wildman–Crippen MR) is 59.2 cm³/mol. The van der Waals surface area contributed by atoms with Crippen LogP contribution in [0.1, 0.15) is 11.3 Å².